The maximum absolute atomic E-state index is 13.0. The number of carbonyl (C=O) groups is 1. The van der Waals surface area contributed by atoms with Gasteiger partial charge in [-0.25, -0.2) is 4.98 Å². The van der Waals surface area contributed by atoms with Gasteiger partial charge in [0.15, 0.2) is 11.5 Å². The van der Waals surface area contributed by atoms with Gasteiger partial charge in [0.2, 0.25) is 0 Å². The molecule has 0 fully saturated rings. The average molecular weight is 422 g/mol. The van der Waals surface area contributed by atoms with Crippen molar-refractivity contribution in [3.63, 3.8) is 0 Å². The third-order valence-electron chi connectivity index (χ3n) is 5.02. The van der Waals surface area contributed by atoms with Gasteiger partial charge >= 0.3 is 0 Å². The lowest BCUT2D eigenvalue weighted by molar-refractivity contribution is 0.0925. The minimum Gasteiger partial charge on any atom is -0.490 e. The van der Waals surface area contributed by atoms with E-state index in [1.54, 1.807) is 12.5 Å². The Hall–Kier alpha value is -3.28. The van der Waals surface area contributed by atoms with E-state index in [2.05, 4.69) is 24.1 Å². The van der Waals surface area contributed by atoms with Crippen LogP contribution in [0.15, 0.2) is 61.2 Å². The lowest BCUT2D eigenvalue weighted by Crippen LogP contribution is -2.31. The van der Waals surface area contributed by atoms with E-state index in [1.165, 1.54) is 0 Å². The maximum Gasteiger partial charge on any atom is 0.251 e. The van der Waals surface area contributed by atoms with Gasteiger partial charge in [-0.1, -0.05) is 32.0 Å². The molecule has 1 N–H and O–H groups in total. The smallest absolute Gasteiger partial charge is 0.251 e. The van der Waals surface area contributed by atoms with Crippen LogP contribution in [0.4, 0.5) is 0 Å². The van der Waals surface area contributed by atoms with Crippen LogP contribution in [-0.2, 0) is 6.54 Å². The van der Waals surface area contributed by atoms with Gasteiger partial charge in [0, 0.05) is 24.5 Å². The number of hydrogen-bond acceptors (Lipinski definition) is 4. The van der Waals surface area contributed by atoms with Gasteiger partial charge in [-0.2, -0.15) is 0 Å². The Balaban J connectivity index is 1.75. The molecule has 0 aliphatic rings. The first-order valence-electron chi connectivity index (χ1n) is 10.8. The molecule has 2 aromatic carbocycles. The Labute approximate surface area is 184 Å². The molecule has 1 unspecified atom stereocenters. The standard InChI is InChI=1S/C25H31N3O3/c1-5-30-22-12-11-21(15-23(22)31-6-2)24(18(3)4)27-25(29)20-9-7-19(8-10-20)16-28-14-13-26-17-28/h7-15,17-18,24H,5-6,16H2,1-4H3,(H,27,29). The first-order chi connectivity index (χ1) is 15.0. The van der Waals surface area contributed by atoms with E-state index in [0.717, 1.165) is 23.4 Å². The third-order valence-corrected chi connectivity index (χ3v) is 5.02. The first-order valence-corrected chi connectivity index (χ1v) is 10.8. The largest absolute Gasteiger partial charge is 0.490 e. The van der Waals surface area contributed by atoms with Crippen molar-refractivity contribution < 1.29 is 14.3 Å². The number of ether oxygens (including phenoxy) is 2. The highest BCUT2D eigenvalue weighted by Gasteiger charge is 2.21. The molecule has 0 aliphatic heterocycles. The van der Waals surface area contributed by atoms with Gasteiger partial charge < -0.3 is 19.4 Å². The molecular formula is C25H31N3O3. The van der Waals surface area contributed by atoms with Crippen molar-refractivity contribution in [3.8, 4) is 11.5 Å². The van der Waals surface area contributed by atoms with Crippen LogP contribution >= 0.6 is 0 Å². The van der Waals surface area contributed by atoms with Gasteiger partial charge in [0.05, 0.1) is 25.6 Å². The number of hydrogen-bond donors (Lipinski definition) is 1. The molecule has 1 atom stereocenters. The van der Waals surface area contributed by atoms with Crippen LogP contribution in [0, 0.1) is 5.92 Å². The number of nitrogens with one attached hydrogen (secondary N) is 1. The predicted octanol–water partition coefficient (Wildman–Crippen LogP) is 4.86. The molecule has 0 spiro atoms. The van der Waals surface area contributed by atoms with Crippen molar-refractivity contribution in [2.45, 2.75) is 40.3 Å². The fourth-order valence-electron chi connectivity index (χ4n) is 3.47. The SMILES string of the molecule is CCOc1ccc(C(NC(=O)c2ccc(Cn3ccnc3)cc2)C(C)C)cc1OCC. The molecule has 0 bridgehead atoms. The van der Waals surface area contributed by atoms with Crippen molar-refractivity contribution in [2.75, 3.05) is 13.2 Å². The van der Waals surface area contributed by atoms with E-state index in [0.29, 0.717) is 24.5 Å². The summed E-state index contributed by atoms with van der Waals surface area (Å²) in [7, 11) is 0. The second-order valence-electron chi connectivity index (χ2n) is 7.70. The molecule has 3 aromatic rings. The van der Waals surface area contributed by atoms with Gasteiger partial charge in [-0.05, 0) is 55.2 Å². The van der Waals surface area contributed by atoms with Gasteiger partial charge in [0.1, 0.15) is 0 Å². The summed E-state index contributed by atoms with van der Waals surface area (Å²) in [6, 6.07) is 13.4. The van der Waals surface area contributed by atoms with Crippen LogP contribution in [0.3, 0.4) is 0 Å². The van der Waals surface area contributed by atoms with Crippen LogP contribution in [0.5, 0.6) is 11.5 Å². The van der Waals surface area contributed by atoms with Crippen LogP contribution < -0.4 is 14.8 Å². The highest BCUT2D eigenvalue weighted by molar-refractivity contribution is 5.94. The normalized spacial score (nSPS) is 11.9. The van der Waals surface area contributed by atoms with E-state index in [4.69, 9.17) is 9.47 Å². The summed E-state index contributed by atoms with van der Waals surface area (Å²) in [4.78, 5) is 17.0. The first kappa shape index (κ1) is 22.4. The van der Waals surface area contributed by atoms with E-state index in [1.807, 2.05) is 67.1 Å². The predicted molar refractivity (Wildman–Crippen MR) is 122 cm³/mol. The number of carbonyl (C=O) groups excluding carboxylic acids is 1. The molecule has 1 heterocycles. The van der Waals surface area contributed by atoms with Crippen LogP contribution in [-0.4, -0.2) is 28.7 Å². The number of amides is 1. The third kappa shape index (κ3) is 5.87. The molecular weight excluding hydrogens is 390 g/mol. The highest BCUT2D eigenvalue weighted by Crippen LogP contribution is 2.33. The number of nitrogens with zero attached hydrogens (tertiary/aromatic N) is 2. The number of benzene rings is 2. The van der Waals surface area contributed by atoms with Crippen LogP contribution in [0.25, 0.3) is 0 Å². The lowest BCUT2D eigenvalue weighted by atomic mass is 9.95. The minimum absolute atomic E-state index is 0.0975. The Morgan fingerprint density at radius 2 is 1.74 bits per heavy atom. The fourth-order valence-corrected chi connectivity index (χ4v) is 3.47. The molecule has 1 aromatic heterocycles. The Kier molecular flexibility index (Phi) is 7.70. The second-order valence-corrected chi connectivity index (χ2v) is 7.70. The zero-order valence-electron chi connectivity index (χ0n) is 18.7. The average Bonchev–Trinajstić information content (AvgIpc) is 3.27. The van der Waals surface area contributed by atoms with Crippen LogP contribution in [0.2, 0.25) is 0 Å². The maximum atomic E-state index is 13.0. The quantitative estimate of drug-likeness (QED) is 0.508. The van der Waals surface area contributed by atoms with Crippen molar-refractivity contribution in [2.24, 2.45) is 5.92 Å². The molecule has 3 rings (SSSR count). The zero-order valence-corrected chi connectivity index (χ0v) is 18.7. The number of aromatic nitrogens is 2. The molecule has 164 valence electrons. The molecule has 0 saturated carbocycles. The summed E-state index contributed by atoms with van der Waals surface area (Å²) in [5.74, 6) is 1.53. The number of imidazole rings is 1. The monoisotopic (exact) mass is 421 g/mol. The molecule has 1 amide bonds. The van der Waals surface area contributed by atoms with Gasteiger partial charge in [-0.15, -0.1) is 0 Å². The van der Waals surface area contributed by atoms with Gasteiger partial charge in [0.25, 0.3) is 5.91 Å². The number of rotatable bonds is 10. The van der Waals surface area contributed by atoms with E-state index in [-0.39, 0.29) is 17.9 Å². The van der Waals surface area contributed by atoms with Crippen molar-refractivity contribution in [1.82, 2.24) is 14.9 Å². The molecule has 6 heteroatoms. The summed E-state index contributed by atoms with van der Waals surface area (Å²) < 4.78 is 13.4. The summed E-state index contributed by atoms with van der Waals surface area (Å²) in [6.45, 7) is 9.92. The van der Waals surface area contributed by atoms with E-state index >= 15 is 0 Å². The minimum atomic E-state index is -0.145. The van der Waals surface area contributed by atoms with Gasteiger partial charge in [-0.3, -0.25) is 4.79 Å². The molecule has 6 nitrogen and oxygen atoms in total. The molecule has 0 radical (unpaired) electrons. The summed E-state index contributed by atoms with van der Waals surface area (Å²) in [5.41, 5.74) is 2.74. The van der Waals surface area contributed by atoms with E-state index < -0.39 is 0 Å². The zero-order chi connectivity index (χ0) is 22.2. The molecule has 31 heavy (non-hydrogen) atoms. The summed E-state index contributed by atoms with van der Waals surface area (Å²) in [5, 5.41) is 3.18. The van der Waals surface area contributed by atoms with E-state index in [9.17, 15) is 4.79 Å². The Bertz CT molecular complexity index is 966. The Morgan fingerprint density at radius 1 is 1.03 bits per heavy atom. The van der Waals surface area contributed by atoms with Crippen molar-refractivity contribution >= 4 is 5.91 Å². The second kappa shape index (κ2) is 10.7. The topological polar surface area (TPSA) is 65.4 Å². The Morgan fingerprint density at radius 3 is 2.35 bits per heavy atom. The molecule has 0 aliphatic carbocycles. The lowest BCUT2D eigenvalue weighted by Gasteiger charge is -2.24. The highest BCUT2D eigenvalue weighted by atomic mass is 16.5. The van der Waals surface area contributed by atoms with Crippen LogP contribution in [0.1, 0.15) is 55.2 Å². The summed E-state index contributed by atoms with van der Waals surface area (Å²) in [6.07, 6.45) is 5.45. The van der Waals surface area contributed by atoms with Crippen molar-refractivity contribution in [1.29, 1.82) is 0 Å². The van der Waals surface area contributed by atoms with Crippen molar-refractivity contribution in [3.05, 3.63) is 77.9 Å². The fraction of sp³-hybridized carbons (Fsp3) is 0.360. The molecule has 0 saturated heterocycles. The summed E-state index contributed by atoms with van der Waals surface area (Å²) >= 11 is 0.